The Bertz CT molecular complexity index is 982. The van der Waals surface area contributed by atoms with Gasteiger partial charge in [-0.15, -0.1) is 11.3 Å². The lowest BCUT2D eigenvalue weighted by Crippen LogP contribution is -2.50. The maximum atomic E-state index is 12.4. The van der Waals surface area contributed by atoms with E-state index in [1.165, 1.54) is 23.1 Å². The van der Waals surface area contributed by atoms with Crippen LogP contribution in [0.4, 0.5) is 5.69 Å². The third-order valence-corrected chi connectivity index (χ3v) is 7.43. The molecular weight excluding hydrogens is 440 g/mol. The topological polar surface area (TPSA) is 119 Å². The number of thioether (sulfide) groups is 1. The van der Waals surface area contributed by atoms with Crippen molar-refractivity contribution in [2.45, 2.75) is 29.3 Å². The van der Waals surface area contributed by atoms with Crippen LogP contribution in [-0.2, 0) is 23.9 Å². The molecule has 2 aliphatic heterocycles. The highest BCUT2D eigenvalue weighted by molar-refractivity contribution is 8.01. The zero-order chi connectivity index (χ0) is 21.8. The Morgan fingerprint density at radius 3 is 3.06 bits per heavy atom. The number of nitrogens with zero attached hydrogens (tertiary/aromatic N) is 1. The number of rotatable bonds is 7. The molecule has 0 aliphatic carbocycles. The molecule has 2 saturated heterocycles. The number of anilines is 1. The van der Waals surface area contributed by atoms with E-state index in [0.29, 0.717) is 25.4 Å². The number of hydrogen-bond donors (Lipinski definition) is 3. The molecule has 0 saturated carbocycles. The Kier molecular flexibility index (Phi) is 7.06. The van der Waals surface area contributed by atoms with Crippen LogP contribution in [0.3, 0.4) is 0 Å². The van der Waals surface area contributed by atoms with Gasteiger partial charge in [-0.05, 0) is 24.6 Å². The molecular formula is C20H24N4O5S2. The number of benzene rings is 1. The molecule has 9 nitrogen and oxygen atoms in total. The van der Waals surface area contributed by atoms with E-state index >= 15 is 0 Å². The SMILES string of the molecule is CO[C@@H]1COCC[C@H]1NC(=O)CSc1nc2ccc(NC(=O)C3CNC(=O)C3)cc2s1. The lowest BCUT2D eigenvalue weighted by molar-refractivity contribution is -0.123. The molecule has 31 heavy (non-hydrogen) atoms. The summed E-state index contributed by atoms with van der Waals surface area (Å²) in [6, 6.07) is 5.46. The van der Waals surface area contributed by atoms with Crippen LogP contribution in [0, 0.1) is 5.92 Å². The Balaban J connectivity index is 1.32. The summed E-state index contributed by atoms with van der Waals surface area (Å²) >= 11 is 2.86. The largest absolute Gasteiger partial charge is 0.379 e. The minimum atomic E-state index is -0.345. The molecule has 4 rings (SSSR count). The predicted octanol–water partition coefficient (Wildman–Crippen LogP) is 1.38. The van der Waals surface area contributed by atoms with Gasteiger partial charge in [0.05, 0.1) is 34.5 Å². The van der Waals surface area contributed by atoms with Crippen molar-refractivity contribution >= 4 is 56.7 Å². The van der Waals surface area contributed by atoms with E-state index in [0.717, 1.165) is 21.0 Å². The zero-order valence-electron chi connectivity index (χ0n) is 17.0. The summed E-state index contributed by atoms with van der Waals surface area (Å²) in [4.78, 5) is 40.5. The van der Waals surface area contributed by atoms with Crippen molar-refractivity contribution in [2.24, 2.45) is 5.92 Å². The predicted molar refractivity (Wildman–Crippen MR) is 118 cm³/mol. The molecule has 0 radical (unpaired) electrons. The Hall–Kier alpha value is -2.21. The molecule has 2 aliphatic rings. The van der Waals surface area contributed by atoms with Gasteiger partial charge in [0.15, 0.2) is 4.34 Å². The summed E-state index contributed by atoms with van der Waals surface area (Å²) in [5, 5.41) is 8.55. The van der Waals surface area contributed by atoms with Gasteiger partial charge in [-0.25, -0.2) is 4.98 Å². The number of carbonyl (C=O) groups excluding carboxylic acids is 3. The van der Waals surface area contributed by atoms with Crippen LogP contribution in [-0.4, -0.2) is 67.5 Å². The summed E-state index contributed by atoms with van der Waals surface area (Å²) in [5.41, 5.74) is 1.48. The van der Waals surface area contributed by atoms with E-state index in [9.17, 15) is 14.4 Å². The number of ether oxygens (including phenoxy) is 2. The first-order chi connectivity index (χ1) is 15.0. The number of amides is 3. The second kappa shape index (κ2) is 9.94. The molecule has 1 unspecified atom stereocenters. The minimum Gasteiger partial charge on any atom is -0.379 e. The molecule has 0 spiro atoms. The summed E-state index contributed by atoms with van der Waals surface area (Å²) in [7, 11) is 1.62. The third kappa shape index (κ3) is 5.53. The average molecular weight is 465 g/mol. The van der Waals surface area contributed by atoms with Crippen molar-refractivity contribution in [2.75, 3.05) is 37.9 Å². The number of thiazole rings is 1. The lowest BCUT2D eigenvalue weighted by Gasteiger charge is -2.30. The van der Waals surface area contributed by atoms with Gasteiger partial charge in [0.1, 0.15) is 6.10 Å². The van der Waals surface area contributed by atoms with E-state index in [1.54, 1.807) is 13.2 Å². The Morgan fingerprint density at radius 1 is 1.42 bits per heavy atom. The van der Waals surface area contributed by atoms with Gasteiger partial charge >= 0.3 is 0 Å². The highest BCUT2D eigenvalue weighted by Crippen LogP contribution is 2.31. The molecule has 11 heteroatoms. The van der Waals surface area contributed by atoms with Crippen LogP contribution in [0.15, 0.2) is 22.5 Å². The van der Waals surface area contributed by atoms with E-state index < -0.39 is 0 Å². The summed E-state index contributed by atoms with van der Waals surface area (Å²) in [5.74, 6) is -0.414. The zero-order valence-corrected chi connectivity index (χ0v) is 18.6. The van der Waals surface area contributed by atoms with Crippen molar-refractivity contribution in [3.63, 3.8) is 0 Å². The van der Waals surface area contributed by atoms with E-state index in [1.807, 2.05) is 12.1 Å². The van der Waals surface area contributed by atoms with E-state index in [2.05, 4.69) is 20.9 Å². The molecule has 3 atom stereocenters. The average Bonchev–Trinajstić information content (AvgIpc) is 3.38. The fraction of sp³-hybridized carbons (Fsp3) is 0.500. The van der Waals surface area contributed by atoms with Gasteiger partial charge in [-0.1, -0.05) is 11.8 Å². The third-order valence-electron chi connectivity index (χ3n) is 5.26. The van der Waals surface area contributed by atoms with Crippen molar-refractivity contribution in [3.05, 3.63) is 18.2 Å². The fourth-order valence-corrected chi connectivity index (χ4v) is 5.48. The number of fused-ring (bicyclic) bond motifs is 1. The number of nitrogens with one attached hydrogen (secondary N) is 3. The first kappa shape index (κ1) is 22.0. The smallest absolute Gasteiger partial charge is 0.230 e. The maximum Gasteiger partial charge on any atom is 0.230 e. The summed E-state index contributed by atoms with van der Waals surface area (Å²) in [6.07, 6.45) is 0.823. The van der Waals surface area contributed by atoms with Crippen LogP contribution < -0.4 is 16.0 Å². The van der Waals surface area contributed by atoms with E-state index in [4.69, 9.17) is 9.47 Å². The standard InChI is InChI=1S/C20H24N4O5S2/c1-28-15-9-29-5-4-13(15)23-18(26)10-30-20-24-14-3-2-12(7-16(14)31-20)22-19(27)11-6-17(25)21-8-11/h2-3,7,11,13,15H,4-6,8-10H2,1H3,(H,21,25)(H,22,27)(H,23,26)/t11?,13-,15-/m1/s1. The Labute approximate surface area is 187 Å². The number of aromatic nitrogens is 1. The van der Waals surface area contributed by atoms with Gasteiger partial charge in [0, 0.05) is 32.4 Å². The monoisotopic (exact) mass is 464 g/mol. The molecule has 0 bridgehead atoms. The molecule has 1 aromatic carbocycles. The first-order valence-corrected chi connectivity index (χ1v) is 11.8. The van der Waals surface area contributed by atoms with Crippen molar-refractivity contribution in [3.8, 4) is 0 Å². The maximum absolute atomic E-state index is 12.4. The highest BCUT2D eigenvalue weighted by Gasteiger charge is 2.28. The normalized spacial score (nSPS) is 23.5. The van der Waals surface area contributed by atoms with Gasteiger partial charge in [-0.2, -0.15) is 0 Å². The van der Waals surface area contributed by atoms with Crippen molar-refractivity contribution < 1.29 is 23.9 Å². The van der Waals surface area contributed by atoms with Crippen molar-refractivity contribution in [1.29, 1.82) is 0 Å². The Morgan fingerprint density at radius 2 is 2.29 bits per heavy atom. The first-order valence-electron chi connectivity index (χ1n) is 10.0. The van der Waals surface area contributed by atoms with Gasteiger partial charge in [0.2, 0.25) is 17.7 Å². The molecule has 166 valence electrons. The van der Waals surface area contributed by atoms with Gasteiger partial charge < -0.3 is 25.4 Å². The number of carbonyl (C=O) groups is 3. The van der Waals surface area contributed by atoms with Crippen LogP contribution in [0.5, 0.6) is 0 Å². The molecule has 2 fully saturated rings. The van der Waals surface area contributed by atoms with E-state index in [-0.39, 0.29) is 48.0 Å². The molecule has 3 N–H and O–H groups in total. The molecule has 2 aromatic rings. The van der Waals surface area contributed by atoms with Crippen molar-refractivity contribution in [1.82, 2.24) is 15.6 Å². The van der Waals surface area contributed by atoms with Gasteiger partial charge in [0.25, 0.3) is 0 Å². The molecule has 3 amide bonds. The highest BCUT2D eigenvalue weighted by atomic mass is 32.2. The number of hydrogen-bond acceptors (Lipinski definition) is 8. The fourth-order valence-electron chi connectivity index (χ4n) is 3.56. The number of methoxy groups -OCH3 is 1. The van der Waals surface area contributed by atoms with Gasteiger partial charge in [-0.3, -0.25) is 14.4 Å². The van der Waals surface area contributed by atoms with Crippen LogP contribution in [0.25, 0.3) is 10.2 Å². The molecule has 3 heterocycles. The molecule has 1 aromatic heterocycles. The van der Waals surface area contributed by atoms with Crippen LogP contribution in [0.2, 0.25) is 0 Å². The minimum absolute atomic E-state index is 0.0428. The second-order valence-corrected chi connectivity index (χ2v) is 9.71. The second-order valence-electron chi connectivity index (χ2n) is 7.46. The summed E-state index contributed by atoms with van der Waals surface area (Å²) in [6.45, 7) is 1.47. The summed E-state index contributed by atoms with van der Waals surface area (Å²) < 4.78 is 12.5. The quantitative estimate of drug-likeness (QED) is 0.530. The lowest BCUT2D eigenvalue weighted by atomic mass is 10.1. The van der Waals surface area contributed by atoms with Crippen LogP contribution in [0.1, 0.15) is 12.8 Å². The van der Waals surface area contributed by atoms with Crippen LogP contribution >= 0.6 is 23.1 Å².